The SMILES string of the molecule is COc1cc2c(cc1C)C(=O)[C@@H](C)C[C@H]2O. The Bertz CT molecular complexity index is 437. The zero-order chi connectivity index (χ0) is 11.9. The Morgan fingerprint density at radius 1 is 1.44 bits per heavy atom. The molecule has 1 aliphatic carbocycles. The fourth-order valence-corrected chi connectivity index (χ4v) is 2.25. The monoisotopic (exact) mass is 220 g/mol. The predicted molar refractivity (Wildman–Crippen MR) is 60.8 cm³/mol. The summed E-state index contributed by atoms with van der Waals surface area (Å²) in [6.07, 6.45) is -0.0601. The summed E-state index contributed by atoms with van der Waals surface area (Å²) in [7, 11) is 1.59. The summed E-state index contributed by atoms with van der Waals surface area (Å²) >= 11 is 0. The normalized spacial score (nSPS) is 24.1. The molecule has 16 heavy (non-hydrogen) atoms. The molecule has 0 amide bonds. The third-order valence-corrected chi connectivity index (χ3v) is 3.22. The number of fused-ring (bicyclic) bond motifs is 1. The van der Waals surface area contributed by atoms with Crippen LogP contribution in [0.1, 0.15) is 40.9 Å². The second-order valence-electron chi connectivity index (χ2n) is 4.43. The number of methoxy groups -OCH3 is 1. The first-order valence-electron chi connectivity index (χ1n) is 5.45. The van der Waals surface area contributed by atoms with E-state index in [0.717, 1.165) is 11.3 Å². The fourth-order valence-electron chi connectivity index (χ4n) is 2.25. The minimum absolute atomic E-state index is 0.102. The summed E-state index contributed by atoms with van der Waals surface area (Å²) in [6.45, 7) is 3.76. The lowest BCUT2D eigenvalue weighted by atomic mass is 9.81. The highest BCUT2D eigenvalue weighted by Crippen LogP contribution is 2.36. The Balaban J connectivity index is 2.58. The summed E-state index contributed by atoms with van der Waals surface area (Å²) in [6, 6.07) is 3.59. The van der Waals surface area contributed by atoms with Crippen LogP contribution in [0.2, 0.25) is 0 Å². The van der Waals surface area contributed by atoms with E-state index < -0.39 is 6.10 Å². The van der Waals surface area contributed by atoms with E-state index in [2.05, 4.69) is 0 Å². The third-order valence-electron chi connectivity index (χ3n) is 3.22. The maximum Gasteiger partial charge on any atom is 0.166 e. The molecule has 1 N–H and O–H groups in total. The summed E-state index contributed by atoms with van der Waals surface area (Å²) in [5, 5.41) is 9.95. The van der Waals surface area contributed by atoms with Gasteiger partial charge in [-0.15, -0.1) is 0 Å². The number of hydrogen-bond acceptors (Lipinski definition) is 3. The van der Waals surface area contributed by atoms with Crippen molar-refractivity contribution in [1.82, 2.24) is 0 Å². The van der Waals surface area contributed by atoms with Gasteiger partial charge in [-0.05, 0) is 36.6 Å². The van der Waals surface area contributed by atoms with E-state index in [-0.39, 0.29) is 11.7 Å². The Morgan fingerprint density at radius 3 is 2.75 bits per heavy atom. The predicted octanol–water partition coefficient (Wildman–Crippen LogP) is 2.26. The molecule has 1 aromatic carbocycles. The van der Waals surface area contributed by atoms with E-state index in [9.17, 15) is 9.90 Å². The first kappa shape index (κ1) is 11.1. The molecule has 3 nitrogen and oxygen atoms in total. The number of ketones is 1. The summed E-state index contributed by atoms with van der Waals surface area (Å²) in [4.78, 5) is 12.0. The highest BCUT2D eigenvalue weighted by Gasteiger charge is 2.30. The van der Waals surface area contributed by atoms with E-state index >= 15 is 0 Å². The van der Waals surface area contributed by atoms with E-state index in [0.29, 0.717) is 17.5 Å². The third kappa shape index (κ3) is 1.61. The van der Waals surface area contributed by atoms with Crippen LogP contribution in [0.5, 0.6) is 5.75 Å². The molecule has 0 aliphatic heterocycles. The first-order chi connectivity index (χ1) is 7.54. The van der Waals surface area contributed by atoms with Gasteiger partial charge >= 0.3 is 0 Å². The van der Waals surface area contributed by atoms with Crippen LogP contribution in [0.4, 0.5) is 0 Å². The van der Waals surface area contributed by atoms with E-state index in [4.69, 9.17) is 4.74 Å². The molecule has 1 aliphatic rings. The van der Waals surface area contributed by atoms with Crippen LogP contribution in [-0.2, 0) is 0 Å². The summed E-state index contributed by atoms with van der Waals surface area (Å²) in [5.41, 5.74) is 2.27. The Hall–Kier alpha value is -1.35. The largest absolute Gasteiger partial charge is 0.496 e. The molecule has 2 atom stereocenters. The van der Waals surface area contributed by atoms with E-state index in [1.165, 1.54) is 0 Å². The van der Waals surface area contributed by atoms with Crippen molar-refractivity contribution in [3.63, 3.8) is 0 Å². The van der Waals surface area contributed by atoms with Crippen molar-refractivity contribution in [3.05, 3.63) is 28.8 Å². The van der Waals surface area contributed by atoms with Crippen molar-refractivity contribution in [2.45, 2.75) is 26.4 Å². The maximum absolute atomic E-state index is 12.0. The van der Waals surface area contributed by atoms with Crippen molar-refractivity contribution < 1.29 is 14.6 Å². The zero-order valence-corrected chi connectivity index (χ0v) is 9.78. The van der Waals surface area contributed by atoms with Crippen molar-refractivity contribution in [2.75, 3.05) is 7.11 Å². The van der Waals surface area contributed by atoms with Gasteiger partial charge < -0.3 is 9.84 Å². The lowest BCUT2D eigenvalue weighted by molar-refractivity contribution is 0.0795. The number of Topliss-reactive ketones (excluding diaryl/α,β-unsaturated/α-hetero) is 1. The number of rotatable bonds is 1. The van der Waals surface area contributed by atoms with Gasteiger partial charge in [0.05, 0.1) is 13.2 Å². The van der Waals surface area contributed by atoms with Gasteiger partial charge in [-0.2, -0.15) is 0 Å². The molecule has 86 valence electrons. The first-order valence-corrected chi connectivity index (χ1v) is 5.45. The molecule has 0 radical (unpaired) electrons. The Labute approximate surface area is 95.0 Å². The Morgan fingerprint density at radius 2 is 2.12 bits per heavy atom. The highest BCUT2D eigenvalue weighted by atomic mass is 16.5. The van der Waals surface area contributed by atoms with Crippen LogP contribution in [0.3, 0.4) is 0 Å². The molecule has 0 fully saturated rings. The molecular weight excluding hydrogens is 204 g/mol. The molecule has 0 aromatic heterocycles. The van der Waals surface area contributed by atoms with Crippen LogP contribution in [-0.4, -0.2) is 18.0 Å². The molecule has 0 spiro atoms. The number of carbonyl (C=O) groups excluding carboxylic acids is 1. The second-order valence-corrected chi connectivity index (χ2v) is 4.43. The minimum atomic E-state index is -0.558. The highest BCUT2D eigenvalue weighted by molar-refractivity contribution is 6.00. The molecule has 0 saturated carbocycles. The van der Waals surface area contributed by atoms with E-state index in [1.807, 2.05) is 19.9 Å². The average molecular weight is 220 g/mol. The number of hydrogen-bond donors (Lipinski definition) is 1. The van der Waals surface area contributed by atoms with Crippen molar-refractivity contribution in [1.29, 1.82) is 0 Å². The molecule has 0 bridgehead atoms. The van der Waals surface area contributed by atoms with Crippen LogP contribution in [0.25, 0.3) is 0 Å². The van der Waals surface area contributed by atoms with Crippen LogP contribution in [0, 0.1) is 12.8 Å². The van der Waals surface area contributed by atoms with Crippen LogP contribution >= 0.6 is 0 Å². The summed E-state index contributed by atoms with van der Waals surface area (Å²) < 4.78 is 5.20. The number of aliphatic hydroxyl groups is 1. The molecule has 3 heteroatoms. The molecule has 2 rings (SSSR count). The number of carbonyl (C=O) groups is 1. The summed E-state index contributed by atoms with van der Waals surface area (Å²) in [5.74, 6) is 0.738. The van der Waals surface area contributed by atoms with Crippen LogP contribution < -0.4 is 4.74 Å². The van der Waals surface area contributed by atoms with Crippen LogP contribution in [0.15, 0.2) is 12.1 Å². The van der Waals surface area contributed by atoms with Gasteiger partial charge in [-0.1, -0.05) is 6.92 Å². The van der Waals surface area contributed by atoms with Gasteiger partial charge in [0.1, 0.15) is 5.75 Å². The maximum atomic E-state index is 12.0. The lowest BCUT2D eigenvalue weighted by Gasteiger charge is -2.26. The van der Waals surface area contributed by atoms with Crippen molar-refractivity contribution >= 4 is 5.78 Å². The van der Waals surface area contributed by atoms with E-state index in [1.54, 1.807) is 13.2 Å². The number of benzene rings is 1. The molecule has 0 heterocycles. The topological polar surface area (TPSA) is 46.5 Å². The number of ether oxygens (including phenoxy) is 1. The van der Waals surface area contributed by atoms with Gasteiger partial charge in [0, 0.05) is 11.5 Å². The van der Waals surface area contributed by atoms with Gasteiger partial charge in [-0.25, -0.2) is 0 Å². The minimum Gasteiger partial charge on any atom is -0.496 e. The smallest absolute Gasteiger partial charge is 0.166 e. The van der Waals surface area contributed by atoms with Crippen molar-refractivity contribution in [3.8, 4) is 5.75 Å². The van der Waals surface area contributed by atoms with Gasteiger partial charge in [0.2, 0.25) is 0 Å². The standard InChI is InChI=1S/C13H16O3/c1-7-4-10-9(6-12(7)16-3)11(14)5-8(2)13(10)15/h4,6,8,11,14H,5H2,1-3H3/t8-,11+/m0/s1. The fraction of sp³-hybridized carbons (Fsp3) is 0.462. The van der Waals surface area contributed by atoms with Gasteiger partial charge in [-0.3, -0.25) is 4.79 Å². The number of aliphatic hydroxyl groups excluding tert-OH is 1. The Kier molecular flexibility index (Phi) is 2.72. The lowest BCUT2D eigenvalue weighted by Crippen LogP contribution is -2.23. The molecule has 0 unspecified atom stereocenters. The van der Waals surface area contributed by atoms with Gasteiger partial charge in [0.25, 0.3) is 0 Å². The van der Waals surface area contributed by atoms with Crippen molar-refractivity contribution in [2.24, 2.45) is 5.92 Å². The van der Waals surface area contributed by atoms with Gasteiger partial charge in [0.15, 0.2) is 5.78 Å². The molecule has 1 aromatic rings. The molecule has 0 saturated heterocycles. The number of aryl methyl sites for hydroxylation is 1. The average Bonchev–Trinajstić information content (AvgIpc) is 2.25. The second kappa shape index (κ2) is 3.91. The molecular formula is C13H16O3. The zero-order valence-electron chi connectivity index (χ0n) is 9.78. The quantitative estimate of drug-likeness (QED) is 0.789.